The van der Waals surface area contributed by atoms with E-state index in [2.05, 4.69) is 0 Å². The van der Waals surface area contributed by atoms with Crippen LogP contribution in [-0.4, -0.2) is 36.2 Å². The molecule has 0 radical (unpaired) electrons. The van der Waals surface area contributed by atoms with Crippen LogP contribution in [0.25, 0.3) is 0 Å². The molecule has 1 saturated carbocycles. The Morgan fingerprint density at radius 2 is 2.00 bits per heavy atom. The summed E-state index contributed by atoms with van der Waals surface area (Å²) in [6, 6.07) is 7.28. The van der Waals surface area contributed by atoms with Crippen LogP contribution in [0.5, 0.6) is 0 Å². The molecule has 0 spiro atoms. The predicted octanol–water partition coefficient (Wildman–Crippen LogP) is 3.81. The Balaban J connectivity index is 1.93. The van der Waals surface area contributed by atoms with E-state index in [0.717, 1.165) is 25.7 Å². The third kappa shape index (κ3) is 3.18. The second-order valence-corrected chi connectivity index (χ2v) is 7.13. The Kier molecular flexibility index (Phi) is 5.45. The van der Waals surface area contributed by atoms with Crippen LogP contribution < -0.4 is 0 Å². The summed E-state index contributed by atoms with van der Waals surface area (Å²) < 4.78 is 11.7. The van der Waals surface area contributed by atoms with Crippen molar-refractivity contribution >= 4 is 17.5 Å². The van der Waals surface area contributed by atoms with E-state index < -0.39 is 5.91 Å². The quantitative estimate of drug-likeness (QED) is 0.576. The molecular weight excluding hydrogens is 330 g/mol. The van der Waals surface area contributed by atoms with Crippen LogP contribution in [0.2, 0.25) is 0 Å². The van der Waals surface area contributed by atoms with Gasteiger partial charge in [0.1, 0.15) is 0 Å². The first kappa shape index (κ1) is 17.7. The summed E-state index contributed by atoms with van der Waals surface area (Å²) in [5.74, 6) is -1.62. The molecule has 3 rings (SSSR count). The molecule has 132 valence electrons. The number of hydrogen-bond acceptors (Lipinski definition) is 4. The first-order valence-corrected chi connectivity index (χ1v) is 8.96. The summed E-state index contributed by atoms with van der Waals surface area (Å²) in [5.41, 5.74) is 1.20. The fraction of sp³-hybridized carbons (Fsp3) is 0.611. The standard InChI is InChI=1S/C18H24ClNO4/c1-13(19)12-23-18(22-2)16-11-7-6-10-15(16)17(21)20(18)24-14-8-4-3-5-9-14/h6-7,10-11,13-14H,3-5,8-9,12H2,1-2H3. The lowest BCUT2D eigenvalue weighted by Crippen LogP contribution is -2.49. The summed E-state index contributed by atoms with van der Waals surface area (Å²) in [6.07, 6.45) is 5.31. The molecule has 0 bridgehead atoms. The third-order valence-corrected chi connectivity index (χ3v) is 4.67. The van der Waals surface area contributed by atoms with E-state index in [1.807, 2.05) is 25.1 Å². The maximum Gasteiger partial charge on any atom is 0.306 e. The Bertz CT molecular complexity index is 588. The van der Waals surface area contributed by atoms with Gasteiger partial charge in [-0.2, -0.15) is 5.06 Å². The van der Waals surface area contributed by atoms with Gasteiger partial charge in [-0.3, -0.25) is 9.63 Å². The van der Waals surface area contributed by atoms with Crippen molar-refractivity contribution in [3.05, 3.63) is 35.4 Å². The number of ether oxygens (including phenoxy) is 2. The fourth-order valence-electron chi connectivity index (χ4n) is 3.35. The number of carbonyl (C=O) groups is 1. The van der Waals surface area contributed by atoms with Crippen LogP contribution in [-0.2, 0) is 20.2 Å². The fourth-order valence-corrected chi connectivity index (χ4v) is 3.41. The zero-order chi connectivity index (χ0) is 17.2. The molecular formula is C18H24ClNO4. The minimum Gasteiger partial charge on any atom is -0.331 e. The highest BCUT2D eigenvalue weighted by atomic mass is 35.5. The zero-order valence-electron chi connectivity index (χ0n) is 14.2. The number of halogens is 1. The molecule has 1 aliphatic carbocycles. The Labute approximate surface area is 147 Å². The van der Waals surface area contributed by atoms with Gasteiger partial charge < -0.3 is 9.47 Å². The van der Waals surface area contributed by atoms with Gasteiger partial charge in [-0.25, -0.2) is 0 Å². The van der Waals surface area contributed by atoms with Crippen molar-refractivity contribution in [1.82, 2.24) is 5.06 Å². The van der Waals surface area contributed by atoms with Crippen LogP contribution in [0.3, 0.4) is 0 Å². The molecule has 5 nitrogen and oxygen atoms in total. The number of amides is 1. The van der Waals surface area contributed by atoms with Crippen LogP contribution in [0.1, 0.15) is 54.9 Å². The number of rotatable bonds is 6. The van der Waals surface area contributed by atoms with Gasteiger partial charge in [-0.1, -0.05) is 37.5 Å². The lowest BCUT2D eigenvalue weighted by molar-refractivity contribution is -0.393. The number of hydrogen-bond donors (Lipinski definition) is 0. The third-order valence-electron chi connectivity index (χ3n) is 4.54. The number of hydroxylamine groups is 2. The summed E-state index contributed by atoms with van der Waals surface area (Å²) in [7, 11) is 1.52. The molecule has 1 aromatic carbocycles. The highest BCUT2D eigenvalue weighted by Crippen LogP contribution is 2.42. The van der Waals surface area contributed by atoms with Crippen LogP contribution >= 0.6 is 11.6 Å². The van der Waals surface area contributed by atoms with Crippen LogP contribution in [0.15, 0.2) is 24.3 Å². The topological polar surface area (TPSA) is 48.0 Å². The number of benzene rings is 1. The van der Waals surface area contributed by atoms with Crippen molar-refractivity contribution in [2.45, 2.75) is 56.4 Å². The van der Waals surface area contributed by atoms with Crippen molar-refractivity contribution in [1.29, 1.82) is 0 Å². The van der Waals surface area contributed by atoms with Crippen molar-refractivity contribution in [3.8, 4) is 0 Å². The van der Waals surface area contributed by atoms with E-state index in [1.54, 1.807) is 6.07 Å². The molecule has 2 unspecified atom stereocenters. The van der Waals surface area contributed by atoms with Gasteiger partial charge in [0.25, 0.3) is 5.91 Å². The predicted molar refractivity (Wildman–Crippen MR) is 90.5 cm³/mol. The number of carbonyl (C=O) groups excluding carboxylic acids is 1. The molecule has 2 aliphatic rings. The highest BCUT2D eigenvalue weighted by molar-refractivity contribution is 6.20. The summed E-state index contributed by atoms with van der Waals surface area (Å²) in [6.45, 7) is 2.07. The van der Waals surface area contributed by atoms with Gasteiger partial charge in [-0.15, -0.1) is 11.6 Å². The smallest absolute Gasteiger partial charge is 0.306 e. The van der Waals surface area contributed by atoms with Crippen molar-refractivity contribution < 1.29 is 19.1 Å². The average Bonchev–Trinajstić information content (AvgIpc) is 2.84. The van der Waals surface area contributed by atoms with Gasteiger partial charge in [0.15, 0.2) is 0 Å². The molecule has 1 amide bonds. The Morgan fingerprint density at radius 3 is 2.67 bits per heavy atom. The molecule has 2 atom stereocenters. The number of methoxy groups -OCH3 is 1. The van der Waals surface area contributed by atoms with E-state index in [1.165, 1.54) is 18.6 Å². The van der Waals surface area contributed by atoms with Crippen LogP contribution in [0.4, 0.5) is 0 Å². The maximum atomic E-state index is 12.9. The van der Waals surface area contributed by atoms with Crippen molar-refractivity contribution in [2.24, 2.45) is 0 Å². The van der Waals surface area contributed by atoms with E-state index >= 15 is 0 Å². The zero-order valence-corrected chi connectivity index (χ0v) is 14.9. The second-order valence-electron chi connectivity index (χ2n) is 6.39. The Morgan fingerprint density at radius 1 is 1.29 bits per heavy atom. The monoisotopic (exact) mass is 353 g/mol. The minimum atomic E-state index is -1.38. The molecule has 6 heteroatoms. The van der Waals surface area contributed by atoms with E-state index in [-0.39, 0.29) is 24.0 Å². The van der Waals surface area contributed by atoms with Crippen molar-refractivity contribution in [3.63, 3.8) is 0 Å². The molecule has 1 aliphatic heterocycles. The highest BCUT2D eigenvalue weighted by Gasteiger charge is 2.54. The van der Waals surface area contributed by atoms with E-state index in [9.17, 15) is 4.79 Å². The van der Waals surface area contributed by atoms with Gasteiger partial charge in [-0.05, 0) is 25.8 Å². The molecule has 0 N–H and O–H groups in total. The number of fused-ring (bicyclic) bond motifs is 1. The normalized spacial score (nSPS) is 25.8. The van der Waals surface area contributed by atoms with Crippen LogP contribution in [0, 0.1) is 0 Å². The molecule has 1 aromatic rings. The molecule has 0 aromatic heterocycles. The molecule has 1 fully saturated rings. The second kappa shape index (κ2) is 7.40. The van der Waals surface area contributed by atoms with Gasteiger partial charge in [0.05, 0.1) is 23.7 Å². The lowest BCUT2D eigenvalue weighted by atomic mass is 9.98. The van der Waals surface area contributed by atoms with Gasteiger partial charge in [0, 0.05) is 12.7 Å². The Hall–Kier alpha value is -1.14. The molecule has 1 heterocycles. The summed E-state index contributed by atoms with van der Waals surface area (Å²) in [4.78, 5) is 19.0. The SMILES string of the molecule is COC1(OCC(C)Cl)c2ccccc2C(=O)N1OC1CCCCC1. The summed E-state index contributed by atoms with van der Waals surface area (Å²) >= 11 is 6.05. The summed E-state index contributed by atoms with van der Waals surface area (Å²) in [5, 5.41) is 1.06. The first-order valence-electron chi connectivity index (χ1n) is 8.52. The molecule has 24 heavy (non-hydrogen) atoms. The van der Waals surface area contributed by atoms with E-state index in [0.29, 0.717) is 11.1 Å². The average molecular weight is 354 g/mol. The number of nitrogens with zero attached hydrogens (tertiary/aromatic N) is 1. The number of alkyl halides is 1. The van der Waals surface area contributed by atoms with Crippen molar-refractivity contribution in [2.75, 3.05) is 13.7 Å². The lowest BCUT2D eigenvalue weighted by Gasteiger charge is -2.38. The van der Waals surface area contributed by atoms with Gasteiger partial charge >= 0.3 is 5.91 Å². The van der Waals surface area contributed by atoms with E-state index in [4.69, 9.17) is 25.9 Å². The first-order chi connectivity index (χ1) is 11.6. The largest absolute Gasteiger partial charge is 0.331 e. The van der Waals surface area contributed by atoms with Gasteiger partial charge in [0.2, 0.25) is 0 Å². The minimum absolute atomic E-state index is 0.00330. The molecule has 0 saturated heterocycles. The maximum absolute atomic E-state index is 12.9.